The Morgan fingerprint density at radius 3 is 2.35 bits per heavy atom. The number of anilines is 1. The molecule has 5 heteroatoms. The zero-order valence-electron chi connectivity index (χ0n) is 10.4. The molecule has 2 N–H and O–H groups in total. The summed E-state index contributed by atoms with van der Waals surface area (Å²) in [6.07, 6.45) is -0.0567. The lowest BCUT2D eigenvalue weighted by Gasteiger charge is -2.18. The van der Waals surface area contributed by atoms with E-state index in [4.69, 9.17) is 5.11 Å². The summed E-state index contributed by atoms with van der Waals surface area (Å²) < 4.78 is 13.7. The van der Waals surface area contributed by atoms with Crippen LogP contribution in [-0.4, -0.2) is 16.2 Å². The second-order valence-electron chi connectivity index (χ2n) is 4.52. The topological polar surface area (TPSA) is 62.2 Å². The summed E-state index contributed by atoms with van der Waals surface area (Å²) in [6, 6.07) is 0. The second kappa shape index (κ2) is 5.12. The first kappa shape index (κ1) is 13.4. The van der Waals surface area contributed by atoms with Gasteiger partial charge in [-0.2, -0.15) is 0 Å². The maximum absolute atomic E-state index is 13.7. The van der Waals surface area contributed by atoms with Gasteiger partial charge >= 0.3 is 6.09 Å². The van der Waals surface area contributed by atoms with Gasteiger partial charge in [-0.3, -0.25) is 10.3 Å². The molecule has 0 unspecified atom stereocenters. The molecule has 0 bridgehead atoms. The van der Waals surface area contributed by atoms with Crippen LogP contribution in [0.4, 0.5) is 14.9 Å². The molecule has 1 heterocycles. The molecule has 0 aromatic carbocycles. The molecule has 0 spiro atoms. The molecule has 1 amide bonds. The molecule has 0 aliphatic rings. The average Bonchev–Trinajstić information content (AvgIpc) is 2.15. The Bertz CT molecular complexity index is 431. The van der Waals surface area contributed by atoms with Crippen molar-refractivity contribution in [2.24, 2.45) is 0 Å². The summed E-state index contributed by atoms with van der Waals surface area (Å²) in [5.74, 6) is -0.569. The van der Waals surface area contributed by atoms with Crippen LogP contribution in [0.3, 0.4) is 0 Å². The lowest BCUT2D eigenvalue weighted by atomic mass is 9.97. The predicted molar refractivity (Wildman–Crippen MR) is 64.0 cm³/mol. The number of rotatable bonds is 3. The van der Waals surface area contributed by atoms with Crippen molar-refractivity contribution in [2.75, 3.05) is 5.32 Å². The van der Waals surface area contributed by atoms with Gasteiger partial charge in [0.15, 0.2) is 0 Å². The van der Waals surface area contributed by atoms with Gasteiger partial charge in [0.25, 0.3) is 0 Å². The minimum absolute atomic E-state index is 0.0231. The van der Waals surface area contributed by atoms with Crippen molar-refractivity contribution in [2.45, 2.75) is 39.5 Å². The fraction of sp³-hybridized carbons (Fsp3) is 0.500. The molecular weight excluding hydrogens is 223 g/mol. The molecule has 0 saturated carbocycles. The van der Waals surface area contributed by atoms with Crippen LogP contribution in [0.1, 0.15) is 50.8 Å². The van der Waals surface area contributed by atoms with E-state index >= 15 is 0 Å². The van der Waals surface area contributed by atoms with E-state index in [-0.39, 0.29) is 17.5 Å². The van der Waals surface area contributed by atoms with Crippen molar-refractivity contribution in [1.29, 1.82) is 0 Å². The number of nitrogens with one attached hydrogen (secondary N) is 1. The van der Waals surface area contributed by atoms with Gasteiger partial charge in [-0.25, -0.2) is 9.18 Å². The van der Waals surface area contributed by atoms with Crippen LogP contribution >= 0.6 is 0 Å². The Labute approximate surface area is 99.9 Å². The number of nitrogens with zero attached hydrogens (tertiary/aromatic N) is 1. The van der Waals surface area contributed by atoms with Crippen LogP contribution in [-0.2, 0) is 0 Å². The molecular formula is C12H17FN2O2. The molecule has 0 fully saturated rings. The zero-order chi connectivity index (χ0) is 13.2. The quantitative estimate of drug-likeness (QED) is 0.849. The van der Waals surface area contributed by atoms with E-state index in [1.807, 2.05) is 27.7 Å². The summed E-state index contributed by atoms with van der Waals surface area (Å²) in [4.78, 5) is 14.7. The highest BCUT2D eigenvalue weighted by Crippen LogP contribution is 2.32. The van der Waals surface area contributed by atoms with Crippen LogP contribution < -0.4 is 5.32 Å². The van der Waals surface area contributed by atoms with Crippen LogP contribution in [0, 0.1) is 5.82 Å². The van der Waals surface area contributed by atoms with Crippen molar-refractivity contribution >= 4 is 11.8 Å². The molecule has 1 rings (SSSR count). The Morgan fingerprint density at radius 1 is 1.35 bits per heavy atom. The van der Waals surface area contributed by atoms with E-state index in [2.05, 4.69) is 10.3 Å². The maximum Gasteiger partial charge on any atom is 0.409 e. The van der Waals surface area contributed by atoms with Crippen molar-refractivity contribution in [3.63, 3.8) is 0 Å². The third-order valence-corrected chi connectivity index (χ3v) is 2.46. The molecule has 1 aromatic heterocycles. The highest BCUT2D eigenvalue weighted by atomic mass is 19.1. The minimum Gasteiger partial charge on any atom is -0.465 e. The number of halogens is 1. The normalized spacial score (nSPS) is 11.0. The fourth-order valence-corrected chi connectivity index (χ4v) is 1.76. The van der Waals surface area contributed by atoms with Crippen LogP contribution in [0.25, 0.3) is 0 Å². The number of pyridine rings is 1. The monoisotopic (exact) mass is 240 g/mol. The number of hydrogen-bond acceptors (Lipinski definition) is 2. The number of hydrogen-bond donors (Lipinski definition) is 2. The lowest BCUT2D eigenvalue weighted by Crippen LogP contribution is -2.15. The molecule has 0 aliphatic carbocycles. The lowest BCUT2D eigenvalue weighted by molar-refractivity contribution is 0.209. The van der Waals surface area contributed by atoms with Crippen LogP contribution in [0.5, 0.6) is 0 Å². The van der Waals surface area contributed by atoms with E-state index in [1.54, 1.807) is 0 Å². The first-order valence-corrected chi connectivity index (χ1v) is 5.52. The van der Waals surface area contributed by atoms with Gasteiger partial charge < -0.3 is 5.11 Å². The van der Waals surface area contributed by atoms with Gasteiger partial charge in [0.2, 0.25) is 0 Å². The van der Waals surface area contributed by atoms with E-state index in [1.165, 1.54) is 0 Å². The first-order chi connectivity index (χ1) is 7.84. The molecule has 0 radical (unpaired) electrons. The summed E-state index contributed by atoms with van der Waals surface area (Å²) in [5, 5.41) is 11.1. The summed E-state index contributed by atoms with van der Waals surface area (Å²) in [7, 11) is 0. The molecule has 4 nitrogen and oxygen atoms in total. The highest BCUT2D eigenvalue weighted by Gasteiger charge is 2.20. The highest BCUT2D eigenvalue weighted by molar-refractivity contribution is 5.85. The van der Waals surface area contributed by atoms with Crippen molar-refractivity contribution in [3.8, 4) is 0 Å². The number of amides is 1. The SMILES string of the molecule is CC(C)c1ncc(F)c(C(C)C)c1NC(=O)O. The largest absolute Gasteiger partial charge is 0.465 e. The fourth-order valence-electron chi connectivity index (χ4n) is 1.76. The Hall–Kier alpha value is -1.65. The molecule has 0 saturated heterocycles. The van der Waals surface area contributed by atoms with Crippen molar-refractivity contribution < 1.29 is 14.3 Å². The van der Waals surface area contributed by atoms with Crippen molar-refractivity contribution in [3.05, 3.63) is 23.3 Å². The number of carboxylic acid groups (broad SMARTS) is 1. The van der Waals surface area contributed by atoms with Gasteiger partial charge in [0.05, 0.1) is 17.6 Å². The van der Waals surface area contributed by atoms with E-state index in [0.717, 1.165) is 6.20 Å². The van der Waals surface area contributed by atoms with Gasteiger partial charge in [-0.1, -0.05) is 27.7 Å². The molecule has 1 aromatic rings. The predicted octanol–water partition coefficient (Wildman–Crippen LogP) is 3.56. The van der Waals surface area contributed by atoms with E-state index < -0.39 is 11.9 Å². The molecule has 94 valence electrons. The zero-order valence-corrected chi connectivity index (χ0v) is 10.4. The second-order valence-corrected chi connectivity index (χ2v) is 4.52. The van der Waals surface area contributed by atoms with Gasteiger partial charge in [0, 0.05) is 5.56 Å². The van der Waals surface area contributed by atoms with Crippen molar-refractivity contribution in [1.82, 2.24) is 4.98 Å². The average molecular weight is 240 g/mol. The Morgan fingerprint density at radius 2 is 1.94 bits per heavy atom. The summed E-state index contributed by atoms with van der Waals surface area (Å²) >= 11 is 0. The Kier molecular flexibility index (Phi) is 4.04. The molecule has 0 aliphatic heterocycles. The third-order valence-electron chi connectivity index (χ3n) is 2.46. The number of carbonyl (C=O) groups is 1. The van der Waals surface area contributed by atoms with Gasteiger partial charge in [0.1, 0.15) is 5.82 Å². The van der Waals surface area contributed by atoms with Gasteiger partial charge in [-0.05, 0) is 11.8 Å². The standard InChI is InChI=1S/C12H17FN2O2/c1-6(2)9-8(13)5-14-10(7(3)4)11(9)15-12(16)17/h5-7,15H,1-4H3,(H,16,17). The first-order valence-electron chi connectivity index (χ1n) is 5.52. The summed E-state index contributed by atoms with van der Waals surface area (Å²) in [5.41, 5.74) is 1.21. The minimum atomic E-state index is -1.21. The molecule has 0 atom stereocenters. The summed E-state index contributed by atoms with van der Waals surface area (Å²) in [6.45, 7) is 7.40. The Balaban J connectivity index is 3.43. The van der Waals surface area contributed by atoms with Gasteiger partial charge in [-0.15, -0.1) is 0 Å². The smallest absolute Gasteiger partial charge is 0.409 e. The van der Waals surface area contributed by atoms with E-state index in [9.17, 15) is 9.18 Å². The maximum atomic E-state index is 13.7. The molecule has 17 heavy (non-hydrogen) atoms. The van der Waals surface area contributed by atoms with Crippen LogP contribution in [0.15, 0.2) is 6.20 Å². The number of aromatic nitrogens is 1. The van der Waals surface area contributed by atoms with E-state index in [0.29, 0.717) is 11.3 Å². The third kappa shape index (κ3) is 2.93. The van der Waals surface area contributed by atoms with Crippen LogP contribution in [0.2, 0.25) is 0 Å².